The van der Waals surface area contributed by atoms with E-state index < -0.39 is 0 Å². The van der Waals surface area contributed by atoms with Gasteiger partial charge in [0.25, 0.3) is 0 Å². The minimum atomic E-state index is 0.208. The van der Waals surface area contributed by atoms with E-state index in [0.717, 1.165) is 24.3 Å². The number of aliphatic hydroxyl groups excluding tert-OH is 1. The zero-order valence-corrected chi connectivity index (χ0v) is 9.55. The molecular formula is C11H16ClNO2. The zero-order valence-electron chi connectivity index (χ0n) is 8.79. The molecule has 0 aliphatic heterocycles. The van der Waals surface area contributed by atoms with Gasteiger partial charge in [-0.15, -0.1) is 0 Å². The maximum absolute atomic E-state index is 8.62. The lowest BCUT2D eigenvalue weighted by Gasteiger charge is -2.09. The van der Waals surface area contributed by atoms with Crippen LogP contribution in [0, 0.1) is 0 Å². The largest absolute Gasteiger partial charge is 0.496 e. The molecule has 1 rings (SSSR count). The van der Waals surface area contributed by atoms with Crippen molar-refractivity contribution in [3.63, 3.8) is 0 Å². The maximum Gasteiger partial charge on any atom is 0.123 e. The van der Waals surface area contributed by atoms with Crippen molar-refractivity contribution in [2.24, 2.45) is 0 Å². The van der Waals surface area contributed by atoms with Crippen molar-refractivity contribution in [3.8, 4) is 5.75 Å². The Hall–Kier alpha value is -0.770. The minimum Gasteiger partial charge on any atom is -0.496 e. The van der Waals surface area contributed by atoms with Gasteiger partial charge in [0.05, 0.1) is 7.11 Å². The molecule has 2 N–H and O–H groups in total. The summed E-state index contributed by atoms with van der Waals surface area (Å²) in [7, 11) is 1.64. The van der Waals surface area contributed by atoms with E-state index >= 15 is 0 Å². The lowest BCUT2D eigenvalue weighted by molar-refractivity contribution is 0.286. The second-order valence-corrected chi connectivity index (χ2v) is 3.65. The lowest BCUT2D eigenvalue weighted by Crippen LogP contribution is -2.16. The predicted octanol–water partition coefficient (Wildman–Crippen LogP) is 1.82. The van der Waals surface area contributed by atoms with Gasteiger partial charge >= 0.3 is 0 Å². The van der Waals surface area contributed by atoms with Crippen LogP contribution in [0.15, 0.2) is 18.2 Å². The van der Waals surface area contributed by atoms with Crippen LogP contribution in [-0.4, -0.2) is 25.4 Å². The average molecular weight is 230 g/mol. The van der Waals surface area contributed by atoms with Crippen molar-refractivity contribution in [2.45, 2.75) is 13.0 Å². The van der Waals surface area contributed by atoms with E-state index in [1.54, 1.807) is 13.2 Å². The fraction of sp³-hybridized carbons (Fsp3) is 0.455. The number of hydrogen-bond acceptors (Lipinski definition) is 3. The summed E-state index contributed by atoms with van der Waals surface area (Å²) in [6.45, 7) is 1.69. The Morgan fingerprint density at radius 2 is 2.27 bits per heavy atom. The van der Waals surface area contributed by atoms with Gasteiger partial charge in [0.15, 0.2) is 0 Å². The summed E-state index contributed by atoms with van der Waals surface area (Å²) < 4.78 is 5.21. The first-order chi connectivity index (χ1) is 7.27. The molecule has 0 bridgehead atoms. The van der Waals surface area contributed by atoms with Crippen molar-refractivity contribution < 1.29 is 9.84 Å². The summed E-state index contributed by atoms with van der Waals surface area (Å²) in [5, 5.41) is 12.5. The molecule has 4 heteroatoms. The van der Waals surface area contributed by atoms with E-state index in [1.807, 2.05) is 12.1 Å². The highest BCUT2D eigenvalue weighted by atomic mass is 35.5. The Morgan fingerprint density at radius 1 is 1.47 bits per heavy atom. The van der Waals surface area contributed by atoms with Crippen LogP contribution in [0.4, 0.5) is 0 Å². The van der Waals surface area contributed by atoms with Gasteiger partial charge in [0.2, 0.25) is 0 Å². The summed E-state index contributed by atoms with van der Waals surface area (Å²) in [5.74, 6) is 0.830. The van der Waals surface area contributed by atoms with Crippen LogP contribution in [0.1, 0.15) is 12.0 Å². The molecule has 0 unspecified atom stereocenters. The third-order valence-electron chi connectivity index (χ3n) is 2.07. The molecule has 1 aromatic rings. The fourth-order valence-electron chi connectivity index (χ4n) is 1.31. The van der Waals surface area contributed by atoms with Gasteiger partial charge in [-0.05, 0) is 31.2 Å². The average Bonchev–Trinajstić information content (AvgIpc) is 2.25. The van der Waals surface area contributed by atoms with Gasteiger partial charge in [-0.25, -0.2) is 0 Å². The summed E-state index contributed by atoms with van der Waals surface area (Å²) >= 11 is 5.89. The van der Waals surface area contributed by atoms with Gasteiger partial charge in [-0.1, -0.05) is 11.6 Å². The number of nitrogens with one attached hydrogen (secondary N) is 1. The molecule has 1 aromatic carbocycles. The molecule has 0 aromatic heterocycles. The number of hydrogen-bond donors (Lipinski definition) is 2. The molecule has 0 spiro atoms. The van der Waals surface area contributed by atoms with Gasteiger partial charge in [-0.3, -0.25) is 0 Å². The van der Waals surface area contributed by atoms with Crippen LogP contribution in [-0.2, 0) is 6.54 Å². The van der Waals surface area contributed by atoms with E-state index in [1.165, 1.54) is 0 Å². The topological polar surface area (TPSA) is 41.5 Å². The first kappa shape index (κ1) is 12.3. The van der Waals surface area contributed by atoms with Crippen LogP contribution in [0.2, 0.25) is 5.02 Å². The van der Waals surface area contributed by atoms with E-state index in [2.05, 4.69) is 5.32 Å². The number of methoxy groups -OCH3 is 1. The molecule has 0 aliphatic rings. The van der Waals surface area contributed by atoms with Crippen molar-refractivity contribution in [1.82, 2.24) is 5.32 Å². The molecule has 0 amide bonds. The quantitative estimate of drug-likeness (QED) is 0.732. The second kappa shape index (κ2) is 6.67. The smallest absolute Gasteiger partial charge is 0.123 e. The fourth-order valence-corrected chi connectivity index (χ4v) is 1.51. The van der Waals surface area contributed by atoms with Crippen LogP contribution in [0.5, 0.6) is 5.75 Å². The molecule has 84 valence electrons. The van der Waals surface area contributed by atoms with E-state index in [4.69, 9.17) is 21.4 Å². The first-order valence-corrected chi connectivity index (χ1v) is 5.29. The van der Waals surface area contributed by atoms with E-state index in [-0.39, 0.29) is 6.61 Å². The van der Waals surface area contributed by atoms with Crippen LogP contribution in [0.3, 0.4) is 0 Å². The number of rotatable bonds is 6. The molecule has 0 saturated heterocycles. The molecule has 0 saturated carbocycles. The molecule has 15 heavy (non-hydrogen) atoms. The Kier molecular flexibility index (Phi) is 5.47. The Morgan fingerprint density at radius 3 is 2.93 bits per heavy atom. The van der Waals surface area contributed by atoms with Crippen LogP contribution < -0.4 is 10.1 Å². The normalized spacial score (nSPS) is 10.3. The number of aliphatic hydroxyl groups is 1. The summed E-state index contributed by atoms with van der Waals surface area (Å²) in [5.41, 5.74) is 1.03. The Bertz CT molecular complexity index is 305. The third kappa shape index (κ3) is 4.08. The van der Waals surface area contributed by atoms with Gasteiger partial charge < -0.3 is 15.2 Å². The van der Waals surface area contributed by atoms with Crippen molar-refractivity contribution in [3.05, 3.63) is 28.8 Å². The monoisotopic (exact) mass is 229 g/mol. The van der Waals surface area contributed by atoms with Crippen LogP contribution in [0.25, 0.3) is 0 Å². The predicted molar refractivity (Wildman–Crippen MR) is 61.4 cm³/mol. The van der Waals surface area contributed by atoms with Gasteiger partial charge in [0.1, 0.15) is 5.75 Å². The second-order valence-electron chi connectivity index (χ2n) is 3.21. The van der Waals surface area contributed by atoms with E-state index in [9.17, 15) is 0 Å². The first-order valence-electron chi connectivity index (χ1n) is 4.92. The van der Waals surface area contributed by atoms with Crippen molar-refractivity contribution >= 4 is 11.6 Å². The molecule has 0 aliphatic carbocycles. The Labute approximate surface area is 95.0 Å². The highest BCUT2D eigenvalue weighted by Gasteiger charge is 2.02. The molecule has 0 fully saturated rings. The van der Waals surface area contributed by atoms with Gasteiger partial charge in [0, 0.05) is 23.7 Å². The highest BCUT2D eigenvalue weighted by molar-refractivity contribution is 6.30. The minimum absolute atomic E-state index is 0.208. The van der Waals surface area contributed by atoms with Crippen LogP contribution >= 0.6 is 11.6 Å². The summed E-state index contributed by atoms with van der Waals surface area (Å²) in [4.78, 5) is 0. The molecule has 0 heterocycles. The zero-order chi connectivity index (χ0) is 11.1. The van der Waals surface area contributed by atoms with Crippen molar-refractivity contribution in [1.29, 1.82) is 0 Å². The van der Waals surface area contributed by atoms with E-state index in [0.29, 0.717) is 11.6 Å². The van der Waals surface area contributed by atoms with Gasteiger partial charge in [-0.2, -0.15) is 0 Å². The molecular weight excluding hydrogens is 214 g/mol. The third-order valence-corrected chi connectivity index (χ3v) is 2.30. The number of benzene rings is 1. The lowest BCUT2D eigenvalue weighted by atomic mass is 10.2. The maximum atomic E-state index is 8.62. The standard InChI is InChI=1S/C11H16ClNO2/c1-15-11-4-3-10(12)7-9(11)8-13-5-2-6-14/h3-4,7,13-14H,2,5-6,8H2,1H3. The Balaban J connectivity index is 2.54. The van der Waals surface area contributed by atoms with Crippen molar-refractivity contribution in [2.75, 3.05) is 20.3 Å². The highest BCUT2D eigenvalue weighted by Crippen LogP contribution is 2.22. The molecule has 3 nitrogen and oxygen atoms in total. The summed E-state index contributed by atoms with van der Waals surface area (Å²) in [6, 6.07) is 5.54. The number of ether oxygens (including phenoxy) is 1. The summed E-state index contributed by atoms with van der Waals surface area (Å²) in [6.07, 6.45) is 0.753. The molecule has 0 atom stereocenters. The SMILES string of the molecule is COc1ccc(Cl)cc1CNCCCO. The molecule has 0 radical (unpaired) electrons. The number of halogens is 1.